The minimum atomic E-state index is 0. The Bertz CT molecular complexity index is 419. The minimum absolute atomic E-state index is 0. The molecule has 0 aromatic heterocycles. The van der Waals surface area contributed by atoms with Gasteiger partial charge < -0.3 is 24.8 Å². The van der Waals surface area contributed by atoms with Crippen molar-refractivity contribution in [3.8, 4) is 0 Å². The van der Waals surface area contributed by atoms with Crippen molar-refractivity contribution >= 4 is 0 Å². The Morgan fingerprint density at radius 3 is 1.75 bits per heavy atom. The van der Waals surface area contributed by atoms with E-state index >= 15 is 0 Å². The van der Waals surface area contributed by atoms with Gasteiger partial charge in [0.2, 0.25) is 0 Å². The van der Waals surface area contributed by atoms with E-state index < -0.39 is 0 Å². The van der Waals surface area contributed by atoms with E-state index in [1.165, 1.54) is 40.7 Å². The van der Waals surface area contributed by atoms with Crippen LogP contribution in [0.1, 0.15) is 41.2 Å². The first kappa shape index (κ1) is 25.1. The quantitative estimate of drug-likeness (QED) is 0.578. The van der Waals surface area contributed by atoms with Crippen molar-refractivity contribution in [3.05, 3.63) is 58.1 Å². The normalized spacial score (nSPS) is 8.45. The van der Waals surface area contributed by atoms with Crippen molar-refractivity contribution in [2.24, 2.45) is 0 Å². The van der Waals surface area contributed by atoms with Crippen molar-refractivity contribution in [2.75, 3.05) is 0 Å². The first-order valence-corrected chi connectivity index (χ1v) is 6.47. The van der Waals surface area contributed by atoms with E-state index in [0.717, 1.165) is 0 Å². The standard InChI is InChI=1S/C9H13.C8H11.2ClH.Zr/c1-6-5-7(2)9(4)8(6)3;1-2-5-8-6-3-4-7-8;;;/h5H,1-4H3;3-4,6-7H,2,5H2,1H3;2*1H;/q2*-1;;;+4/p-2. The van der Waals surface area contributed by atoms with Gasteiger partial charge in [-0.2, -0.15) is 46.0 Å². The van der Waals surface area contributed by atoms with Crippen LogP contribution in [0.25, 0.3) is 0 Å². The smallest absolute Gasteiger partial charge is 1.00 e. The van der Waals surface area contributed by atoms with E-state index in [2.05, 4.69) is 65.0 Å². The van der Waals surface area contributed by atoms with Gasteiger partial charge in [-0.1, -0.05) is 47.5 Å². The molecule has 2 rings (SSSR count). The van der Waals surface area contributed by atoms with Gasteiger partial charge in [0.25, 0.3) is 0 Å². The third-order valence-electron chi connectivity index (χ3n) is 3.45. The Labute approximate surface area is 156 Å². The van der Waals surface area contributed by atoms with Crippen LogP contribution in [0.15, 0.2) is 30.3 Å². The van der Waals surface area contributed by atoms with Gasteiger partial charge in [-0.25, -0.2) is 12.1 Å². The van der Waals surface area contributed by atoms with E-state index in [0.29, 0.717) is 0 Å². The van der Waals surface area contributed by atoms with E-state index in [4.69, 9.17) is 0 Å². The molecular formula is C17H24Cl2Zr. The monoisotopic (exact) mass is 388 g/mol. The van der Waals surface area contributed by atoms with Crippen molar-refractivity contribution < 1.29 is 51.0 Å². The molecule has 0 radical (unpaired) electrons. The molecule has 20 heavy (non-hydrogen) atoms. The van der Waals surface area contributed by atoms with Crippen LogP contribution in [0, 0.1) is 27.7 Å². The molecule has 3 heteroatoms. The van der Waals surface area contributed by atoms with Crippen LogP contribution in [0.3, 0.4) is 0 Å². The second-order valence-corrected chi connectivity index (χ2v) is 4.80. The maximum atomic E-state index is 2.24. The molecule has 0 aliphatic rings. The van der Waals surface area contributed by atoms with Crippen molar-refractivity contribution in [3.63, 3.8) is 0 Å². The molecule has 0 aliphatic carbocycles. The van der Waals surface area contributed by atoms with Crippen molar-refractivity contribution in [2.45, 2.75) is 47.5 Å². The SMILES string of the molecule is CCC[c-]1cccc1.Cc1c[c-](C)c(C)c1C.[Cl-].[Cl-].[Zr+4]. The molecule has 0 N–H and O–H groups in total. The minimum Gasteiger partial charge on any atom is -1.00 e. The van der Waals surface area contributed by atoms with Gasteiger partial charge in [0.05, 0.1) is 0 Å². The van der Waals surface area contributed by atoms with Crippen LogP contribution in [-0.4, -0.2) is 0 Å². The molecule has 0 saturated carbocycles. The summed E-state index contributed by atoms with van der Waals surface area (Å²) in [6.45, 7) is 10.9. The second-order valence-electron chi connectivity index (χ2n) is 4.80. The van der Waals surface area contributed by atoms with E-state index in [1.807, 2.05) is 0 Å². The summed E-state index contributed by atoms with van der Waals surface area (Å²) in [6, 6.07) is 10.8. The molecular weight excluding hydrogens is 366 g/mol. The van der Waals surface area contributed by atoms with Crippen LogP contribution in [0.4, 0.5) is 0 Å². The van der Waals surface area contributed by atoms with Crippen LogP contribution < -0.4 is 24.8 Å². The molecule has 0 atom stereocenters. The summed E-state index contributed by atoms with van der Waals surface area (Å²) in [5.74, 6) is 0. The zero-order valence-corrected chi connectivity index (χ0v) is 17.0. The van der Waals surface area contributed by atoms with Gasteiger partial charge in [0, 0.05) is 0 Å². The molecule has 0 heterocycles. The average Bonchev–Trinajstić information content (AvgIpc) is 2.87. The summed E-state index contributed by atoms with van der Waals surface area (Å²) in [4.78, 5) is 0. The summed E-state index contributed by atoms with van der Waals surface area (Å²) in [5, 5.41) is 0. The molecule has 0 saturated heterocycles. The summed E-state index contributed by atoms with van der Waals surface area (Å²) < 4.78 is 0. The number of rotatable bonds is 2. The topological polar surface area (TPSA) is 0 Å². The maximum Gasteiger partial charge on any atom is 4.00 e. The van der Waals surface area contributed by atoms with Gasteiger partial charge >= 0.3 is 26.2 Å². The fraction of sp³-hybridized carbons (Fsp3) is 0.412. The fourth-order valence-corrected chi connectivity index (χ4v) is 2.00. The molecule has 0 spiro atoms. The fourth-order valence-electron chi connectivity index (χ4n) is 2.00. The zero-order chi connectivity index (χ0) is 12.8. The summed E-state index contributed by atoms with van der Waals surface area (Å²) in [5.41, 5.74) is 7.21. The zero-order valence-electron chi connectivity index (χ0n) is 13.1. The summed E-state index contributed by atoms with van der Waals surface area (Å²) in [7, 11) is 0. The molecule has 110 valence electrons. The van der Waals surface area contributed by atoms with Gasteiger partial charge in [0.15, 0.2) is 0 Å². The second kappa shape index (κ2) is 12.9. The van der Waals surface area contributed by atoms with Crippen molar-refractivity contribution in [1.82, 2.24) is 0 Å². The summed E-state index contributed by atoms with van der Waals surface area (Å²) >= 11 is 0. The van der Waals surface area contributed by atoms with Crippen molar-refractivity contribution in [1.29, 1.82) is 0 Å². The molecule has 2 aromatic rings. The molecule has 0 amide bonds. The number of aryl methyl sites for hydroxylation is 3. The van der Waals surface area contributed by atoms with E-state index in [9.17, 15) is 0 Å². The molecule has 2 aromatic carbocycles. The van der Waals surface area contributed by atoms with Gasteiger partial charge in [0.1, 0.15) is 0 Å². The van der Waals surface area contributed by atoms with E-state index in [-0.39, 0.29) is 51.0 Å². The summed E-state index contributed by atoms with van der Waals surface area (Å²) in [6.07, 6.45) is 2.48. The molecule has 0 fully saturated rings. The Kier molecular flexibility index (Phi) is 16.2. The molecule has 0 nitrogen and oxygen atoms in total. The predicted molar refractivity (Wildman–Crippen MR) is 77.0 cm³/mol. The predicted octanol–water partition coefficient (Wildman–Crippen LogP) is -0.997. The van der Waals surface area contributed by atoms with Crippen LogP contribution in [0.2, 0.25) is 0 Å². The van der Waals surface area contributed by atoms with Crippen LogP contribution in [0.5, 0.6) is 0 Å². The molecule has 0 bridgehead atoms. The Balaban J connectivity index is -0.000000252. The third kappa shape index (κ3) is 7.82. The first-order chi connectivity index (χ1) is 8.06. The molecule has 0 aliphatic heterocycles. The maximum absolute atomic E-state index is 2.24. The van der Waals surface area contributed by atoms with Gasteiger partial charge in [-0.05, 0) is 0 Å². The number of hydrogen-bond donors (Lipinski definition) is 0. The number of halogens is 2. The average molecular weight is 391 g/mol. The van der Waals surface area contributed by atoms with Gasteiger partial charge in [-0.15, -0.1) is 0 Å². The van der Waals surface area contributed by atoms with Crippen LogP contribution in [-0.2, 0) is 32.6 Å². The van der Waals surface area contributed by atoms with Crippen LogP contribution >= 0.6 is 0 Å². The van der Waals surface area contributed by atoms with E-state index in [1.54, 1.807) is 0 Å². The largest absolute Gasteiger partial charge is 4.00 e. The van der Waals surface area contributed by atoms with Gasteiger partial charge in [-0.3, -0.25) is 0 Å². The Morgan fingerprint density at radius 2 is 1.50 bits per heavy atom. The Hall–Kier alpha value is 0.163. The Morgan fingerprint density at radius 1 is 1.00 bits per heavy atom. The third-order valence-corrected chi connectivity index (χ3v) is 3.45. The first-order valence-electron chi connectivity index (χ1n) is 6.47. The number of hydrogen-bond acceptors (Lipinski definition) is 0. The molecule has 0 unspecified atom stereocenters.